The van der Waals surface area contributed by atoms with Crippen LogP contribution in [-0.2, 0) is 0 Å². The molecule has 6 heteroatoms. The van der Waals surface area contributed by atoms with Gasteiger partial charge in [0.25, 0.3) is 0 Å². The summed E-state index contributed by atoms with van der Waals surface area (Å²) in [5.41, 5.74) is 3.56. The summed E-state index contributed by atoms with van der Waals surface area (Å²) in [5, 5.41) is 9.99. The number of para-hydroxylation sites is 2. The summed E-state index contributed by atoms with van der Waals surface area (Å²) in [7, 11) is 0. The Balaban J connectivity index is 1.63. The highest BCUT2D eigenvalue weighted by Crippen LogP contribution is 2.26. The highest BCUT2D eigenvalue weighted by atomic mass is 16.3. The average Bonchev–Trinajstić information content (AvgIpc) is 2.91. The Kier molecular flexibility index (Phi) is 5.13. The van der Waals surface area contributed by atoms with E-state index in [1.807, 2.05) is 32.0 Å². The van der Waals surface area contributed by atoms with Crippen LogP contribution in [0.4, 0.5) is 5.69 Å². The zero-order valence-electron chi connectivity index (χ0n) is 15.6. The summed E-state index contributed by atoms with van der Waals surface area (Å²) in [4.78, 5) is 30.9. The Morgan fingerprint density at radius 1 is 1.19 bits per heavy atom. The van der Waals surface area contributed by atoms with E-state index >= 15 is 0 Å². The van der Waals surface area contributed by atoms with E-state index in [0.717, 1.165) is 43.1 Å². The van der Waals surface area contributed by atoms with Crippen molar-refractivity contribution < 1.29 is 19.6 Å². The van der Waals surface area contributed by atoms with E-state index in [9.17, 15) is 14.7 Å². The summed E-state index contributed by atoms with van der Waals surface area (Å²) in [6.07, 6.45) is 0. The van der Waals surface area contributed by atoms with Crippen molar-refractivity contribution in [3.05, 3.63) is 46.8 Å². The van der Waals surface area contributed by atoms with Crippen molar-refractivity contribution in [3.63, 3.8) is 0 Å². The van der Waals surface area contributed by atoms with Gasteiger partial charge in [0.2, 0.25) is 5.78 Å². The van der Waals surface area contributed by atoms with Crippen molar-refractivity contribution in [1.82, 2.24) is 4.98 Å². The molecule has 3 rings (SSSR count). The monoisotopic (exact) mass is 356 g/mol. The van der Waals surface area contributed by atoms with Crippen LogP contribution < -0.4 is 9.80 Å². The molecule has 0 spiro atoms. The van der Waals surface area contributed by atoms with Gasteiger partial charge >= 0.3 is 0 Å². The van der Waals surface area contributed by atoms with Gasteiger partial charge in [-0.1, -0.05) is 12.1 Å². The number of hydrogen-bond donors (Lipinski definition) is 3. The number of H-pyrrole nitrogens is 1. The quantitative estimate of drug-likeness (QED) is 0.702. The molecule has 0 unspecified atom stereocenters. The highest BCUT2D eigenvalue weighted by Gasteiger charge is 2.26. The molecule has 1 fully saturated rings. The van der Waals surface area contributed by atoms with Gasteiger partial charge in [0.1, 0.15) is 12.3 Å². The predicted octanol–water partition coefficient (Wildman–Crippen LogP) is 1.13. The number of quaternary nitrogens is 1. The molecule has 0 radical (unpaired) electrons. The van der Waals surface area contributed by atoms with Crippen LogP contribution in [0.5, 0.6) is 5.75 Å². The van der Waals surface area contributed by atoms with Crippen molar-refractivity contribution >= 4 is 17.3 Å². The maximum Gasteiger partial charge on any atom is 0.233 e. The van der Waals surface area contributed by atoms with Crippen molar-refractivity contribution in [2.45, 2.75) is 20.8 Å². The molecule has 0 atom stereocenters. The summed E-state index contributed by atoms with van der Waals surface area (Å²) in [5.74, 6) is 0.323. The first-order chi connectivity index (χ1) is 12.4. The van der Waals surface area contributed by atoms with Gasteiger partial charge in [-0.2, -0.15) is 0 Å². The van der Waals surface area contributed by atoms with Crippen LogP contribution >= 0.6 is 0 Å². The van der Waals surface area contributed by atoms with Gasteiger partial charge in [-0.15, -0.1) is 0 Å². The van der Waals surface area contributed by atoms with E-state index in [1.54, 1.807) is 6.07 Å². The lowest BCUT2D eigenvalue weighted by Gasteiger charge is -2.33. The summed E-state index contributed by atoms with van der Waals surface area (Å²) < 4.78 is 0. The molecule has 2 aromatic rings. The fourth-order valence-electron chi connectivity index (χ4n) is 3.84. The van der Waals surface area contributed by atoms with Crippen LogP contribution in [0.1, 0.15) is 39.0 Å². The van der Waals surface area contributed by atoms with Crippen molar-refractivity contribution in [3.8, 4) is 5.75 Å². The standard InChI is InChI=1S/C20H25N3O3/c1-13-19(15(3)24)14(2)21-20(13)18(26)12-22-8-10-23(11-9-22)16-6-4-5-7-17(16)25/h4-7,21,25H,8-12H2,1-3H3/p+1. The van der Waals surface area contributed by atoms with Crippen LogP contribution in [0.3, 0.4) is 0 Å². The average molecular weight is 356 g/mol. The number of hydrogen-bond acceptors (Lipinski definition) is 4. The van der Waals surface area contributed by atoms with E-state index in [4.69, 9.17) is 0 Å². The van der Waals surface area contributed by atoms with Gasteiger partial charge in [0.15, 0.2) is 5.78 Å². The zero-order valence-corrected chi connectivity index (χ0v) is 15.6. The van der Waals surface area contributed by atoms with E-state index in [0.29, 0.717) is 23.6 Å². The first kappa shape index (κ1) is 18.2. The van der Waals surface area contributed by atoms with Crippen LogP contribution in [0.15, 0.2) is 24.3 Å². The van der Waals surface area contributed by atoms with E-state index in [2.05, 4.69) is 9.88 Å². The number of aryl methyl sites for hydroxylation is 1. The number of anilines is 1. The third-order valence-corrected chi connectivity index (χ3v) is 5.17. The van der Waals surface area contributed by atoms with E-state index in [-0.39, 0.29) is 11.6 Å². The van der Waals surface area contributed by atoms with Gasteiger partial charge in [0, 0.05) is 11.3 Å². The second-order valence-electron chi connectivity index (χ2n) is 7.01. The number of aromatic hydroxyl groups is 1. The molecule has 0 bridgehead atoms. The Morgan fingerprint density at radius 2 is 1.85 bits per heavy atom. The van der Waals surface area contributed by atoms with Gasteiger partial charge in [-0.05, 0) is 38.5 Å². The number of phenols is 1. The maximum absolute atomic E-state index is 12.7. The molecule has 1 aliphatic heterocycles. The second kappa shape index (κ2) is 7.33. The SMILES string of the molecule is CC(=O)c1c(C)[nH]c(C(=O)C[NH+]2CCN(c3ccccc3O)CC2)c1C. The fraction of sp³-hybridized carbons (Fsp3) is 0.400. The molecular formula is C20H26N3O3+. The fourth-order valence-corrected chi connectivity index (χ4v) is 3.84. The van der Waals surface area contributed by atoms with Gasteiger partial charge in [-0.3, -0.25) is 9.59 Å². The molecule has 6 nitrogen and oxygen atoms in total. The number of ketones is 2. The van der Waals surface area contributed by atoms with Gasteiger partial charge in [0.05, 0.1) is 37.6 Å². The molecule has 1 saturated heterocycles. The molecule has 1 aromatic carbocycles. The van der Waals surface area contributed by atoms with Crippen LogP contribution in [0.25, 0.3) is 0 Å². The first-order valence-electron chi connectivity index (χ1n) is 8.98. The number of rotatable bonds is 5. The lowest BCUT2D eigenvalue weighted by atomic mass is 10.1. The Morgan fingerprint density at radius 3 is 2.42 bits per heavy atom. The Bertz CT molecular complexity index is 833. The largest absolute Gasteiger partial charge is 0.506 e. The third kappa shape index (κ3) is 3.51. The number of nitrogens with one attached hydrogen (secondary N) is 2. The number of nitrogens with zero attached hydrogens (tertiary/aromatic N) is 1. The molecule has 3 N–H and O–H groups in total. The Labute approximate surface area is 153 Å². The molecule has 26 heavy (non-hydrogen) atoms. The number of Topliss-reactive ketones (excluding diaryl/α,β-unsaturated/α-hetero) is 2. The molecule has 0 aliphatic carbocycles. The second-order valence-corrected chi connectivity index (χ2v) is 7.01. The summed E-state index contributed by atoms with van der Waals surface area (Å²) >= 11 is 0. The van der Waals surface area contributed by atoms with E-state index < -0.39 is 0 Å². The predicted molar refractivity (Wildman–Crippen MR) is 100 cm³/mol. The van der Waals surface area contributed by atoms with Crippen molar-refractivity contribution in [2.75, 3.05) is 37.6 Å². The number of aromatic nitrogens is 1. The summed E-state index contributed by atoms with van der Waals surface area (Å²) in [6, 6.07) is 7.34. The highest BCUT2D eigenvalue weighted by molar-refractivity contribution is 6.03. The number of benzene rings is 1. The topological polar surface area (TPSA) is 77.8 Å². The smallest absolute Gasteiger partial charge is 0.233 e. The minimum absolute atomic E-state index is 0.0149. The minimum Gasteiger partial charge on any atom is -0.506 e. The van der Waals surface area contributed by atoms with E-state index in [1.165, 1.54) is 11.8 Å². The summed E-state index contributed by atoms with van der Waals surface area (Å²) in [6.45, 7) is 8.85. The maximum atomic E-state index is 12.7. The van der Waals surface area contributed by atoms with Gasteiger partial charge in [-0.25, -0.2) is 0 Å². The zero-order chi connectivity index (χ0) is 18.8. The lowest BCUT2D eigenvalue weighted by molar-refractivity contribution is -0.892. The number of carbonyl (C=O) groups excluding carboxylic acids is 2. The lowest BCUT2D eigenvalue weighted by Crippen LogP contribution is -3.15. The number of aromatic amines is 1. The molecule has 1 aliphatic rings. The number of piperazine rings is 1. The van der Waals surface area contributed by atoms with Crippen molar-refractivity contribution in [2.24, 2.45) is 0 Å². The first-order valence-corrected chi connectivity index (χ1v) is 8.98. The molecule has 0 saturated carbocycles. The third-order valence-electron chi connectivity index (χ3n) is 5.17. The molecule has 0 amide bonds. The molecule has 2 heterocycles. The minimum atomic E-state index is -0.0149. The normalized spacial score (nSPS) is 15.3. The molecule has 138 valence electrons. The van der Waals surface area contributed by atoms with Crippen molar-refractivity contribution in [1.29, 1.82) is 0 Å². The van der Waals surface area contributed by atoms with Crippen LogP contribution in [-0.4, -0.2) is 54.4 Å². The molecule has 1 aromatic heterocycles. The van der Waals surface area contributed by atoms with Gasteiger partial charge < -0.3 is 19.9 Å². The number of carbonyl (C=O) groups is 2. The Hall–Kier alpha value is -2.60. The van der Waals surface area contributed by atoms with Crippen LogP contribution in [0.2, 0.25) is 0 Å². The molecular weight excluding hydrogens is 330 g/mol. The number of phenolic OH excluding ortho intramolecular Hbond substituents is 1. The van der Waals surface area contributed by atoms with Crippen LogP contribution in [0, 0.1) is 13.8 Å².